The van der Waals surface area contributed by atoms with Crippen molar-refractivity contribution in [1.82, 2.24) is 9.88 Å². The smallest absolute Gasteiger partial charge is 0.0841 e. The number of hydrogen-bond acceptors (Lipinski definition) is 4. The number of aromatic nitrogens is 1. The third kappa shape index (κ3) is 3.14. The van der Waals surface area contributed by atoms with E-state index in [9.17, 15) is 0 Å². The van der Waals surface area contributed by atoms with Gasteiger partial charge in [0.2, 0.25) is 0 Å². The molecule has 4 nitrogen and oxygen atoms in total. The molecule has 2 fully saturated rings. The summed E-state index contributed by atoms with van der Waals surface area (Å²) in [5.74, 6) is 0. The molecule has 2 saturated heterocycles. The topological polar surface area (TPSA) is 34.6 Å². The third-order valence-corrected chi connectivity index (χ3v) is 4.14. The highest BCUT2D eigenvalue weighted by Gasteiger charge is 2.43. The van der Waals surface area contributed by atoms with Gasteiger partial charge in [-0.1, -0.05) is 0 Å². The molecule has 0 aliphatic carbocycles. The zero-order valence-electron chi connectivity index (χ0n) is 11.5. The minimum Gasteiger partial charge on any atom is -0.371 e. The molecular formula is C15H22N2O2. The Hall–Kier alpha value is -0.970. The van der Waals surface area contributed by atoms with E-state index in [-0.39, 0.29) is 11.7 Å². The molecule has 0 N–H and O–H groups in total. The minimum atomic E-state index is 0.0515. The Morgan fingerprint density at radius 2 is 2.32 bits per heavy atom. The Morgan fingerprint density at radius 1 is 1.47 bits per heavy atom. The Morgan fingerprint density at radius 3 is 3.11 bits per heavy atom. The van der Waals surface area contributed by atoms with E-state index < -0.39 is 0 Å². The van der Waals surface area contributed by atoms with Crippen LogP contribution in [-0.2, 0) is 16.1 Å². The second-order valence-corrected chi connectivity index (χ2v) is 5.83. The second kappa shape index (κ2) is 5.57. The molecule has 2 aliphatic heterocycles. The lowest BCUT2D eigenvalue weighted by Crippen LogP contribution is -2.46. The lowest BCUT2D eigenvalue weighted by atomic mass is 9.89. The Labute approximate surface area is 114 Å². The van der Waals surface area contributed by atoms with Gasteiger partial charge in [-0.2, -0.15) is 0 Å². The van der Waals surface area contributed by atoms with Crippen molar-refractivity contribution in [3.63, 3.8) is 0 Å². The summed E-state index contributed by atoms with van der Waals surface area (Å²) in [6, 6.07) is 4.00. The van der Waals surface area contributed by atoms with E-state index in [1.807, 2.05) is 12.1 Å². The quantitative estimate of drug-likeness (QED) is 0.832. The fourth-order valence-corrected chi connectivity index (χ4v) is 3.21. The van der Waals surface area contributed by atoms with Gasteiger partial charge in [0.25, 0.3) is 0 Å². The molecule has 1 aromatic rings. The zero-order chi connectivity index (χ0) is 13.1. The third-order valence-electron chi connectivity index (χ3n) is 4.14. The number of ether oxygens (including phenoxy) is 2. The highest BCUT2D eigenvalue weighted by molar-refractivity contribution is 5.08. The number of piperidine rings is 1. The van der Waals surface area contributed by atoms with Gasteiger partial charge in [-0.25, -0.2) is 0 Å². The summed E-state index contributed by atoms with van der Waals surface area (Å²) in [6.07, 6.45) is 7.28. The lowest BCUT2D eigenvalue weighted by molar-refractivity contribution is -0.0471. The fraction of sp³-hybridized carbons (Fsp3) is 0.667. The first kappa shape index (κ1) is 13.0. The molecule has 3 heterocycles. The van der Waals surface area contributed by atoms with E-state index in [2.05, 4.69) is 16.9 Å². The summed E-state index contributed by atoms with van der Waals surface area (Å²) in [7, 11) is 2.18. The lowest BCUT2D eigenvalue weighted by Gasteiger charge is -2.37. The van der Waals surface area contributed by atoms with Crippen molar-refractivity contribution in [2.75, 3.05) is 26.7 Å². The predicted octanol–water partition coefficient (Wildman–Crippen LogP) is 1.85. The highest BCUT2D eigenvalue weighted by Crippen LogP contribution is 2.35. The van der Waals surface area contributed by atoms with Crippen LogP contribution in [0.3, 0.4) is 0 Å². The normalized spacial score (nSPS) is 31.9. The molecule has 19 heavy (non-hydrogen) atoms. The molecule has 0 bridgehead atoms. The van der Waals surface area contributed by atoms with Crippen LogP contribution in [0.2, 0.25) is 0 Å². The summed E-state index contributed by atoms with van der Waals surface area (Å²) >= 11 is 0. The predicted molar refractivity (Wildman–Crippen MR) is 72.8 cm³/mol. The minimum absolute atomic E-state index is 0.0515. The van der Waals surface area contributed by atoms with Gasteiger partial charge in [0.05, 0.1) is 24.9 Å². The Balaban J connectivity index is 1.52. The summed E-state index contributed by atoms with van der Waals surface area (Å²) in [5, 5.41) is 0. The van der Waals surface area contributed by atoms with Crippen molar-refractivity contribution in [2.24, 2.45) is 0 Å². The average Bonchev–Trinajstić information content (AvgIpc) is 2.80. The van der Waals surface area contributed by atoms with Crippen LogP contribution in [0.15, 0.2) is 24.5 Å². The number of rotatable bonds is 3. The van der Waals surface area contributed by atoms with Crippen molar-refractivity contribution in [3.8, 4) is 0 Å². The second-order valence-electron chi connectivity index (χ2n) is 5.83. The molecule has 0 unspecified atom stereocenters. The van der Waals surface area contributed by atoms with Crippen LogP contribution in [0.1, 0.15) is 24.8 Å². The molecule has 3 rings (SSSR count). The maximum atomic E-state index is 6.07. The van der Waals surface area contributed by atoms with E-state index in [1.165, 1.54) is 24.9 Å². The van der Waals surface area contributed by atoms with Crippen molar-refractivity contribution in [3.05, 3.63) is 30.1 Å². The maximum Gasteiger partial charge on any atom is 0.0841 e. The molecule has 4 heteroatoms. The summed E-state index contributed by atoms with van der Waals surface area (Å²) in [5.41, 5.74) is 1.23. The number of likely N-dealkylation sites (N-methyl/N-ethyl adjacent to an activating group) is 1. The van der Waals surface area contributed by atoms with Gasteiger partial charge in [-0.05, 0) is 44.1 Å². The van der Waals surface area contributed by atoms with Crippen molar-refractivity contribution < 1.29 is 9.47 Å². The monoisotopic (exact) mass is 262 g/mol. The number of likely N-dealkylation sites (tertiary alicyclic amines) is 1. The standard InChI is InChI=1S/C15H22N2O2/c1-17-8-2-5-15(12-17)9-14(11-19-15)18-10-13-3-6-16-7-4-13/h3-4,6-7,14H,2,5,8-12H2,1H3/t14-,15+/m1/s1. The van der Waals surface area contributed by atoms with Gasteiger partial charge in [0, 0.05) is 25.4 Å². The summed E-state index contributed by atoms with van der Waals surface area (Å²) < 4.78 is 12.1. The van der Waals surface area contributed by atoms with E-state index in [0.717, 1.165) is 19.6 Å². The largest absolute Gasteiger partial charge is 0.371 e. The highest BCUT2D eigenvalue weighted by atomic mass is 16.6. The molecular weight excluding hydrogens is 240 g/mol. The van der Waals surface area contributed by atoms with E-state index in [0.29, 0.717) is 6.61 Å². The molecule has 1 spiro atoms. The first-order valence-electron chi connectivity index (χ1n) is 7.09. The van der Waals surface area contributed by atoms with Gasteiger partial charge >= 0.3 is 0 Å². The number of nitrogens with zero attached hydrogens (tertiary/aromatic N) is 2. The van der Waals surface area contributed by atoms with Gasteiger partial charge in [-0.3, -0.25) is 4.98 Å². The van der Waals surface area contributed by atoms with Crippen LogP contribution in [-0.4, -0.2) is 48.3 Å². The number of hydrogen-bond donors (Lipinski definition) is 0. The van der Waals surface area contributed by atoms with Crippen LogP contribution in [0.25, 0.3) is 0 Å². The van der Waals surface area contributed by atoms with Gasteiger partial charge in [0.1, 0.15) is 0 Å². The first-order chi connectivity index (χ1) is 9.26. The molecule has 1 aromatic heterocycles. The summed E-state index contributed by atoms with van der Waals surface area (Å²) in [4.78, 5) is 6.39. The SMILES string of the molecule is CN1CCC[C@]2(C[C@@H](OCc3ccncc3)CO2)C1. The molecule has 104 valence electrons. The van der Waals surface area contributed by atoms with E-state index >= 15 is 0 Å². The maximum absolute atomic E-state index is 6.07. The van der Waals surface area contributed by atoms with Crippen molar-refractivity contribution in [2.45, 2.75) is 37.6 Å². The molecule has 2 atom stereocenters. The van der Waals surface area contributed by atoms with E-state index in [4.69, 9.17) is 9.47 Å². The Kier molecular flexibility index (Phi) is 3.82. The van der Waals surface area contributed by atoms with Crippen molar-refractivity contribution in [1.29, 1.82) is 0 Å². The fourth-order valence-electron chi connectivity index (χ4n) is 3.21. The summed E-state index contributed by atoms with van der Waals surface area (Å²) in [6.45, 7) is 3.62. The molecule has 0 radical (unpaired) electrons. The molecule has 0 saturated carbocycles. The molecule has 0 amide bonds. The Bertz CT molecular complexity index is 412. The number of pyridine rings is 1. The first-order valence-corrected chi connectivity index (χ1v) is 7.09. The molecule has 0 aromatic carbocycles. The van der Waals surface area contributed by atoms with Crippen LogP contribution in [0.4, 0.5) is 0 Å². The average molecular weight is 262 g/mol. The zero-order valence-corrected chi connectivity index (χ0v) is 11.5. The van der Waals surface area contributed by atoms with Crippen LogP contribution in [0.5, 0.6) is 0 Å². The van der Waals surface area contributed by atoms with Gasteiger partial charge in [-0.15, -0.1) is 0 Å². The van der Waals surface area contributed by atoms with Gasteiger partial charge < -0.3 is 14.4 Å². The molecule has 2 aliphatic rings. The van der Waals surface area contributed by atoms with Crippen molar-refractivity contribution >= 4 is 0 Å². The van der Waals surface area contributed by atoms with Crippen LogP contribution in [0, 0.1) is 0 Å². The van der Waals surface area contributed by atoms with E-state index in [1.54, 1.807) is 12.4 Å². The van der Waals surface area contributed by atoms with Crippen LogP contribution < -0.4 is 0 Å². The van der Waals surface area contributed by atoms with Gasteiger partial charge in [0.15, 0.2) is 0 Å². The van der Waals surface area contributed by atoms with Crippen LogP contribution >= 0.6 is 0 Å².